The predicted molar refractivity (Wildman–Crippen MR) is 138 cm³/mol. The van der Waals surface area contributed by atoms with Crippen molar-refractivity contribution in [2.24, 2.45) is 5.73 Å². The number of hydrogen-bond donors (Lipinski definition) is 3. The fraction of sp³-hybridized carbons (Fsp3) is 0.444. The summed E-state index contributed by atoms with van der Waals surface area (Å²) < 4.78 is 11.4. The molecule has 1 heterocycles. The van der Waals surface area contributed by atoms with E-state index in [-0.39, 0.29) is 17.7 Å². The molecule has 2 aromatic carbocycles. The fourth-order valence-corrected chi connectivity index (χ4v) is 4.23. The summed E-state index contributed by atoms with van der Waals surface area (Å²) in [6.45, 7) is 11.8. The SMILES string of the molecule is CCN(CC)c1ccc(C(=O)NCCC2c3cc(C(=O)OC(C)(C)C)ccc3OC2C(=N)N)cc1. The van der Waals surface area contributed by atoms with Gasteiger partial charge in [-0.1, -0.05) is 0 Å². The minimum atomic E-state index is -0.649. The highest BCUT2D eigenvalue weighted by molar-refractivity contribution is 5.94. The molecule has 1 amide bonds. The van der Waals surface area contributed by atoms with Crippen molar-refractivity contribution in [1.29, 1.82) is 5.41 Å². The Morgan fingerprint density at radius 1 is 1.09 bits per heavy atom. The molecule has 0 fully saturated rings. The van der Waals surface area contributed by atoms with Crippen LogP contribution < -0.4 is 20.7 Å². The summed E-state index contributed by atoms with van der Waals surface area (Å²) in [5, 5.41) is 10.9. The Labute approximate surface area is 207 Å². The standard InChI is InChI=1S/C27H36N4O4/c1-6-31(7-2)19-11-8-17(9-12-19)25(32)30-15-14-20-21-16-18(26(33)35-27(3,4)5)10-13-22(21)34-23(20)24(28)29/h8-13,16,20,23H,6-7,14-15H2,1-5H3,(H3,28,29)(H,30,32). The van der Waals surface area contributed by atoms with Crippen molar-refractivity contribution in [2.75, 3.05) is 24.5 Å². The molecule has 2 aromatic rings. The normalized spacial score (nSPS) is 16.7. The van der Waals surface area contributed by atoms with Crippen LogP contribution in [-0.4, -0.2) is 49.1 Å². The first-order valence-corrected chi connectivity index (χ1v) is 12.0. The van der Waals surface area contributed by atoms with Gasteiger partial charge < -0.3 is 25.4 Å². The van der Waals surface area contributed by atoms with E-state index < -0.39 is 17.7 Å². The number of benzene rings is 2. The first kappa shape index (κ1) is 26.1. The second kappa shape index (κ2) is 10.8. The number of anilines is 1. The van der Waals surface area contributed by atoms with Crippen molar-refractivity contribution in [3.05, 3.63) is 59.2 Å². The molecular formula is C27H36N4O4. The molecule has 3 rings (SSSR count). The van der Waals surface area contributed by atoms with E-state index in [0.717, 1.165) is 24.3 Å². The number of carbonyl (C=O) groups excluding carboxylic acids is 2. The summed E-state index contributed by atoms with van der Waals surface area (Å²) in [5.74, 6) is -0.372. The van der Waals surface area contributed by atoms with E-state index in [2.05, 4.69) is 24.1 Å². The summed E-state index contributed by atoms with van der Waals surface area (Å²) in [4.78, 5) is 27.5. The third-order valence-electron chi connectivity index (χ3n) is 5.97. The highest BCUT2D eigenvalue weighted by atomic mass is 16.6. The van der Waals surface area contributed by atoms with Crippen molar-refractivity contribution in [1.82, 2.24) is 5.32 Å². The number of fused-ring (bicyclic) bond motifs is 1. The molecule has 188 valence electrons. The first-order chi connectivity index (χ1) is 16.5. The Hall–Kier alpha value is -3.55. The third-order valence-corrected chi connectivity index (χ3v) is 5.97. The number of nitrogens with two attached hydrogens (primary N) is 1. The van der Waals surface area contributed by atoms with Gasteiger partial charge in [0.1, 0.15) is 17.2 Å². The largest absolute Gasteiger partial charge is 0.482 e. The molecule has 8 nitrogen and oxygen atoms in total. The van der Waals surface area contributed by atoms with Crippen LogP contribution >= 0.6 is 0 Å². The van der Waals surface area contributed by atoms with Crippen molar-refractivity contribution in [3.63, 3.8) is 0 Å². The summed E-state index contributed by atoms with van der Waals surface area (Å²) in [7, 11) is 0. The lowest BCUT2D eigenvalue weighted by molar-refractivity contribution is 0.00693. The molecule has 0 aromatic heterocycles. The Morgan fingerprint density at radius 2 is 1.71 bits per heavy atom. The van der Waals surface area contributed by atoms with E-state index in [0.29, 0.717) is 29.8 Å². The van der Waals surface area contributed by atoms with E-state index in [4.69, 9.17) is 20.6 Å². The zero-order chi connectivity index (χ0) is 25.8. The minimum absolute atomic E-state index is 0.0941. The minimum Gasteiger partial charge on any atom is -0.482 e. The molecule has 2 unspecified atom stereocenters. The van der Waals surface area contributed by atoms with Crippen molar-refractivity contribution >= 4 is 23.4 Å². The van der Waals surface area contributed by atoms with Crippen LogP contribution in [0.1, 0.15) is 73.2 Å². The van der Waals surface area contributed by atoms with Gasteiger partial charge in [0.15, 0.2) is 6.10 Å². The Kier molecular flexibility index (Phi) is 8.04. The Morgan fingerprint density at radius 3 is 2.29 bits per heavy atom. The average Bonchev–Trinajstić information content (AvgIpc) is 3.17. The lowest BCUT2D eigenvalue weighted by Crippen LogP contribution is -2.36. The van der Waals surface area contributed by atoms with Crippen LogP contribution in [0, 0.1) is 5.41 Å². The number of esters is 1. The quantitative estimate of drug-likeness (QED) is 0.283. The second-order valence-electron chi connectivity index (χ2n) is 9.62. The van der Waals surface area contributed by atoms with E-state index in [1.807, 2.05) is 45.0 Å². The number of carbonyl (C=O) groups is 2. The zero-order valence-corrected chi connectivity index (χ0v) is 21.2. The Balaban J connectivity index is 1.69. The molecular weight excluding hydrogens is 444 g/mol. The average molecular weight is 481 g/mol. The van der Waals surface area contributed by atoms with Crippen molar-refractivity contribution in [2.45, 2.75) is 58.7 Å². The zero-order valence-electron chi connectivity index (χ0n) is 21.2. The van der Waals surface area contributed by atoms with Crippen LogP contribution in [0.2, 0.25) is 0 Å². The number of nitrogens with one attached hydrogen (secondary N) is 2. The highest BCUT2D eigenvalue weighted by Gasteiger charge is 2.37. The molecule has 4 N–H and O–H groups in total. The Bertz CT molecular complexity index is 1070. The summed E-state index contributed by atoms with van der Waals surface area (Å²) in [6, 6.07) is 12.6. The monoisotopic (exact) mass is 480 g/mol. The first-order valence-electron chi connectivity index (χ1n) is 12.0. The fourth-order valence-electron chi connectivity index (χ4n) is 4.23. The third kappa shape index (κ3) is 6.32. The van der Waals surface area contributed by atoms with Crippen LogP contribution in [-0.2, 0) is 4.74 Å². The van der Waals surface area contributed by atoms with Crippen LogP contribution in [0.5, 0.6) is 5.75 Å². The van der Waals surface area contributed by atoms with Gasteiger partial charge in [-0.25, -0.2) is 4.79 Å². The van der Waals surface area contributed by atoms with Gasteiger partial charge >= 0.3 is 5.97 Å². The molecule has 0 saturated heterocycles. The van der Waals surface area contributed by atoms with Gasteiger partial charge in [0.25, 0.3) is 5.91 Å². The molecule has 0 saturated carbocycles. The van der Waals surface area contributed by atoms with Crippen molar-refractivity contribution in [3.8, 4) is 5.75 Å². The molecule has 1 aliphatic rings. The number of hydrogen-bond acceptors (Lipinski definition) is 6. The smallest absolute Gasteiger partial charge is 0.338 e. The molecule has 0 bridgehead atoms. The summed E-state index contributed by atoms with van der Waals surface area (Å²) in [6.07, 6.45) is -0.151. The summed E-state index contributed by atoms with van der Waals surface area (Å²) in [5.41, 5.74) is 8.06. The maximum absolute atomic E-state index is 12.7. The molecule has 2 atom stereocenters. The van der Waals surface area contributed by atoms with E-state index in [1.54, 1.807) is 18.2 Å². The predicted octanol–water partition coefficient (Wildman–Crippen LogP) is 4.09. The van der Waals surface area contributed by atoms with Gasteiger partial charge in [-0.15, -0.1) is 0 Å². The number of ether oxygens (including phenoxy) is 2. The van der Waals surface area contributed by atoms with Crippen LogP contribution in [0.3, 0.4) is 0 Å². The van der Waals surface area contributed by atoms with Gasteiger partial charge in [0.05, 0.1) is 5.56 Å². The lowest BCUT2D eigenvalue weighted by Gasteiger charge is -2.21. The molecule has 0 aliphatic carbocycles. The van der Waals surface area contributed by atoms with E-state index in [1.165, 1.54) is 0 Å². The lowest BCUT2D eigenvalue weighted by atomic mass is 9.90. The molecule has 0 spiro atoms. The number of nitrogens with zero attached hydrogens (tertiary/aromatic N) is 1. The van der Waals surface area contributed by atoms with Gasteiger partial charge in [-0.2, -0.15) is 0 Å². The van der Waals surface area contributed by atoms with E-state index in [9.17, 15) is 9.59 Å². The van der Waals surface area contributed by atoms with Gasteiger partial charge in [0, 0.05) is 42.4 Å². The number of amides is 1. The summed E-state index contributed by atoms with van der Waals surface area (Å²) >= 11 is 0. The maximum Gasteiger partial charge on any atom is 0.338 e. The maximum atomic E-state index is 12.7. The van der Waals surface area contributed by atoms with Gasteiger partial charge in [0.2, 0.25) is 0 Å². The highest BCUT2D eigenvalue weighted by Crippen LogP contribution is 2.41. The van der Waals surface area contributed by atoms with Gasteiger partial charge in [-0.3, -0.25) is 10.2 Å². The molecule has 1 aliphatic heterocycles. The van der Waals surface area contributed by atoms with Crippen molar-refractivity contribution < 1.29 is 19.1 Å². The molecule has 35 heavy (non-hydrogen) atoms. The molecule has 0 radical (unpaired) electrons. The number of amidine groups is 1. The second-order valence-corrected chi connectivity index (χ2v) is 9.62. The van der Waals surface area contributed by atoms with E-state index >= 15 is 0 Å². The van der Waals surface area contributed by atoms with Crippen LogP contribution in [0.25, 0.3) is 0 Å². The molecule has 8 heteroatoms. The van der Waals surface area contributed by atoms with Crippen LogP contribution in [0.4, 0.5) is 5.69 Å². The van der Waals surface area contributed by atoms with Gasteiger partial charge in [-0.05, 0) is 83.5 Å². The van der Waals surface area contributed by atoms with Crippen LogP contribution in [0.15, 0.2) is 42.5 Å². The topological polar surface area (TPSA) is 118 Å². The number of rotatable bonds is 9.